The molecule has 0 aromatic carbocycles. The second kappa shape index (κ2) is 7.67. The number of amides is 1. The van der Waals surface area contributed by atoms with Gasteiger partial charge < -0.3 is 14.7 Å². The van der Waals surface area contributed by atoms with Gasteiger partial charge in [0, 0.05) is 39.3 Å². The van der Waals surface area contributed by atoms with Crippen LogP contribution >= 0.6 is 0 Å². The van der Waals surface area contributed by atoms with E-state index in [9.17, 15) is 4.79 Å². The SMILES string of the molecule is COCC(C)CC(=O)N1CCCC1CCCO. The molecule has 0 aromatic rings. The van der Waals surface area contributed by atoms with E-state index >= 15 is 0 Å². The normalized spacial score (nSPS) is 21.8. The Hall–Kier alpha value is -0.610. The Balaban J connectivity index is 2.38. The summed E-state index contributed by atoms with van der Waals surface area (Å²) in [5.41, 5.74) is 0. The maximum Gasteiger partial charge on any atom is 0.223 e. The van der Waals surface area contributed by atoms with Crippen molar-refractivity contribution in [1.29, 1.82) is 0 Å². The van der Waals surface area contributed by atoms with Crippen LogP contribution in [0, 0.1) is 5.92 Å². The van der Waals surface area contributed by atoms with Crippen LogP contribution in [-0.2, 0) is 9.53 Å². The van der Waals surface area contributed by atoms with Gasteiger partial charge in [-0.1, -0.05) is 6.92 Å². The summed E-state index contributed by atoms with van der Waals surface area (Å²) >= 11 is 0. The average Bonchev–Trinajstić information content (AvgIpc) is 2.74. The lowest BCUT2D eigenvalue weighted by atomic mass is 10.1. The van der Waals surface area contributed by atoms with E-state index in [1.165, 1.54) is 0 Å². The van der Waals surface area contributed by atoms with Crippen molar-refractivity contribution in [3.05, 3.63) is 0 Å². The predicted molar refractivity (Wildman–Crippen MR) is 66.7 cm³/mol. The fourth-order valence-corrected chi connectivity index (χ4v) is 2.55. The first-order chi connectivity index (χ1) is 8.19. The van der Waals surface area contributed by atoms with E-state index in [2.05, 4.69) is 0 Å². The van der Waals surface area contributed by atoms with Gasteiger partial charge in [0.25, 0.3) is 0 Å². The van der Waals surface area contributed by atoms with Gasteiger partial charge in [-0.3, -0.25) is 4.79 Å². The molecule has 4 nitrogen and oxygen atoms in total. The van der Waals surface area contributed by atoms with Gasteiger partial charge in [0.2, 0.25) is 5.91 Å². The summed E-state index contributed by atoms with van der Waals surface area (Å²) in [5, 5.41) is 8.85. The lowest BCUT2D eigenvalue weighted by molar-refractivity contribution is -0.133. The highest BCUT2D eigenvalue weighted by Gasteiger charge is 2.28. The predicted octanol–water partition coefficient (Wildman–Crippen LogP) is 1.42. The summed E-state index contributed by atoms with van der Waals surface area (Å²) in [6.07, 6.45) is 4.48. The van der Waals surface area contributed by atoms with Crippen LogP contribution in [0.5, 0.6) is 0 Å². The van der Waals surface area contributed by atoms with Crippen molar-refractivity contribution in [1.82, 2.24) is 4.90 Å². The number of methoxy groups -OCH3 is 1. The van der Waals surface area contributed by atoms with Crippen LogP contribution in [0.2, 0.25) is 0 Å². The molecule has 0 aliphatic carbocycles. The van der Waals surface area contributed by atoms with Gasteiger partial charge in [0.1, 0.15) is 0 Å². The lowest BCUT2D eigenvalue weighted by Gasteiger charge is -2.25. The number of likely N-dealkylation sites (tertiary alicyclic amines) is 1. The van der Waals surface area contributed by atoms with Crippen LogP contribution in [0.1, 0.15) is 39.0 Å². The fourth-order valence-electron chi connectivity index (χ4n) is 2.55. The molecule has 1 aliphatic heterocycles. The molecule has 100 valence electrons. The largest absolute Gasteiger partial charge is 0.396 e. The van der Waals surface area contributed by atoms with Gasteiger partial charge in [-0.05, 0) is 31.6 Å². The molecule has 1 saturated heterocycles. The van der Waals surface area contributed by atoms with Crippen LogP contribution < -0.4 is 0 Å². The highest BCUT2D eigenvalue weighted by molar-refractivity contribution is 5.77. The fraction of sp³-hybridized carbons (Fsp3) is 0.923. The van der Waals surface area contributed by atoms with Crippen molar-refractivity contribution in [2.45, 2.75) is 45.1 Å². The zero-order chi connectivity index (χ0) is 12.7. The minimum absolute atomic E-state index is 0.221. The number of hydrogen-bond donors (Lipinski definition) is 1. The molecule has 17 heavy (non-hydrogen) atoms. The Morgan fingerprint density at radius 2 is 2.35 bits per heavy atom. The first-order valence-electron chi connectivity index (χ1n) is 6.58. The smallest absolute Gasteiger partial charge is 0.223 e. The van der Waals surface area contributed by atoms with E-state index in [0.717, 1.165) is 32.2 Å². The summed E-state index contributed by atoms with van der Waals surface area (Å²) in [4.78, 5) is 14.1. The first kappa shape index (κ1) is 14.5. The van der Waals surface area contributed by atoms with Crippen molar-refractivity contribution < 1.29 is 14.6 Å². The van der Waals surface area contributed by atoms with Crippen molar-refractivity contribution in [3.63, 3.8) is 0 Å². The van der Waals surface area contributed by atoms with Crippen LogP contribution in [0.25, 0.3) is 0 Å². The molecule has 1 aliphatic rings. The van der Waals surface area contributed by atoms with Gasteiger partial charge in [-0.15, -0.1) is 0 Å². The van der Waals surface area contributed by atoms with E-state index in [1.807, 2.05) is 11.8 Å². The third-order valence-electron chi connectivity index (χ3n) is 3.37. The van der Waals surface area contributed by atoms with Crippen molar-refractivity contribution in [3.8, 4) is 0 Å². The highest BCUT2D eigenvalue weighted by Crippen LogP contribution is 2.23. The molecule has 0 aromatic heterocycles. The van der Waals surface area contributed by atoms with Crippen LogP contribution in [0.15, 0.2) is 0 Å². The molecule has 0 spiro atoms. The zero-order valence-corrected chi connectivity index (χ0v) is 11.0. The van der Waals surface area contributed by atoms with E-state index < -0.39 is 0 Å². The maximum atomic E-state index is 12.1. The molecular formula is C13H25NO3. The molecule has 1 N–H and O–H groups in total. The average molecular weight is 243 g/mol. The summed E-state index contributed by atoms with van der Waals surface area (Å²) in [6, 6.07) is 0.351. The zero-order valence-electron chi connectivity index (χ0n) is 11.0. The molecule has 4 heteroatoms. The summed E-state index contributed by atoms with van der Waals surface area (Å²) in [6.45, 7) is 3.79. The third-order valence-corrected chi connectivity index (χ3v) is 3.37. The second-order valence-corrected chi connectivity index (χ2v) is 5.01. The van der Waals surface area contributed by atoms with Gasteiger partial charge in [-0.25, -0.2) is 0 Å². The second-order valence-electron chi connectivity index (χ2n) is 5.01. The van der Waals surface area contributed by atoms with Gasteiger partial charge in [0.05, 0.1) is 0 Å². The monoisotopic (exact) mass is 243 g/mol. The van der Waals surface area contributed by atoms with Crippen LogP contribution in [0.3, 0.4) is 0 Å². The number of nitrogens with zero attached hydrogens (tertiary/aromatic N) is 1. The van der Waals surface area contributed by atoms with E-state index in [1.54, 1.807) is 7.11 Å². The number of ether oxygens (including phenoxy) is 1. The van der Waals surface area contributed by atoms with Gasteiger partial charge in [-0.2, -0.15) is 0 Å². The number of rotatable bonds is 7. The summed E-state index contributed by atoms with van der Waals surface area (Å²) < 4.78 is 5.06. The molecule has 1 fully saturated rings. The van der Waals surface area contributed by atoms with Crippen LogP contribution in [0.4, 0.5) is 0 Å². The Morgan fingerprint density at radius 3 is 3.00 bits per heavy atom. The molecule has 1 heterocycles. The van der Waals surface area contributed by atoms with Crippen LogP contribution in [-0.4, -0.2) is 48.8 Å². The summed E-state index contributed by atoms with van der Waals surface area (Å²) in [7, 11) is 1.67. The molecule has 0 saturated carbocycles. The Labute approximate surface area is 104 Å². The van der Waals surface area contributed by atoms with Crippen molar-refractivity contribution in [2.24, 2.45) is 5.92 Å². The molecule has 2 unspecified atom stereocenters. The Bertz CT molecular complexity index is 233. The third kappa shape index (κ3) is 4.64. The number of aliphatic hydroxyl groups excluding tert-OH is 1. The minimum atomic E-state index is 0.221. The molecule has 0 radical (unpaired) electrons. The number of aliphatic hydroxyl groups is 1. The van der Waals surface area contributed by atoms with Gasteiger partial charge in [0.15, 0.2) is 0 Å². The Morgan fingerprint density at radius 1 is 1.59 bits per heavy atom. The molecule has 1 amide bonds. The van der Waals surface area contributed by atoms with Crippen molar-refractivity contribution in [2.75, 3.05) is 26.9 Å². The maximum absolute atomic E-state index is 12.1. The molecule has 0 bridgehead atoms. The minimum Gasteiger partial charge on any atom is -0.396 e. The van der Waals surface area contributed by atoms with Crippen molar-refractivity contribution >= 4 is 5.91 Å². The highest BCUT2D eigenvalue weighted by atomic mass is 16.5. The quantitative estimate of drug-likeness (QED) is 0.736. The van der Waals surface area contributed by atoms with E-state index in [0.29, 0.717) is 19.1 Å². The molecular weight excluding hydrogens is 218 g/mol. The number of carbonyl (C=O) groups excluding carboxylic acids is 1. The lowest BCUT2D eigenvalue weighted by Crippen LogP contribution is -2.36. The van der Waals surface area contributed by atoms with E-state index in [-0.39, 0.29) is 18.4 Å². The first-order valence-corrected chi connectivity index (χ1v) is 6.58. The van der Waals surface area contributed by atoms with Gasteiger partial charge >= 0.3 is 0 Å². The molecule has 2 atom stereocenters. The summed E-state index contributed by atoms with van der Waals surface area (Å²) in [5.74, 6) is 0.529. The molecule has 1 rings (SSSR count). The topological polar surface area (TPSA) is 49.8 Å². The standard InChI is InChI=1S/C13H25NO3/c1-11(10-17-2)9-13(16)14-7-3-5-12(14)6-4-8-15/h11-12,15H,3-10H2,1-2H3. The number of hydrogen-bond acceptors (Lipinski definition) is 3. The number of carbonyl (C=O) groups is 1. The Kier molecular flexibility index (Phi) is 6.52. The van der Waals surface area contributed by atoms with E-state index in [4.69, 9.17) is 9.84 Å².